The highest BCUT2D eigenvalue weighted by Gasteiger charge is 2.24. The molecule has 0 spiro atoms. The molecule has 104 valence electrons. The largest absolute Gasteiger partial charge is 0.389 e. The Hall–Kier alpha value is -0.670. The molecule has 0 amide bonds. The maximum absolute atomic E-state index is 9.91. The molecule has 0 aromatic heterocycles. The third-order valence-electron chi connectivity index (χ3n) is 3.18. The summed E-state index contributed by atoms with van der Waals surface area (Å²) in [6, 6.07) is 2.25. The lowest BCUT2D eigenvalue weighted by atomic mass is 10.0. The molecular weight excluding hydrogens is 232 g/mol. The van der Waals surface area contributed by atoms with Crippen molar-refractivity contribution in [2.45, 2.75) is 44.4 Å². The van der Waals surface area contributed by atoms with Crippen LogP contribution in [0, 0.1) is 11.3 Å². The highest BCUT2D eigenvalue weighted by Crippen LogP contribution is 2.16. The molecule has 1 heterocycles. The van der Waals surface area contributed by atoms with Gasteiger partial charge in [-0.2, -0.15) is 5.26 Å². The minimum absolute atomic E-state index is 0.0160. The summed E-state index contributed by atoms with van der Waals surface area (Å²) in [7, 11) is 1.63. The maximum atomic E-state index is 9.91. The summed E-state index contributed by atoms with van der Waals surface area (Å²) >= 11 is 0. The van der Waals surface area contributed by atoms with Crippen LogP contribution in [0.25, 0.3) is 0 Å². The average molecular weight is 256 g/mol. The summed E-state index contributed by atoms with van der Waals surface area (Å²) < 4.78 is 10.4. The van der Waals surface area contributed by atoms with Crippen LogP contribution in [-0.4, -0.2) is 61.7 Å². The van der Waals surface area contributed by atoms with Gasteiger partial charge in [0.1, 0.15) is 0 Å². The van der Waals surface area contributed by atoms with Gasteiger partial charge < -0.3 is 14.6 Å². The molecule has 1 saturated heterocycles. The zero-order valence-electron chi connectivity index (χ0n) is 11.3. The predicted molar refractivity (Wildman–Crippen MR) is 68.1 cm³/mol. The van der Waals surface area contributed by atoms with Crippen molar-refractivity contribution < 1.29 is 14.6 Å². The Labute approximate surface area is 109 Å². The molecule has 0 radical (unpaired) electrons. The third-order valence-corrected chi connectivity index (χ3v) is 3.18. The molecule has 5 heteroatoms. The topological polar surface area (TPSA) is 65.7 Å². The van der Waals surface area contributed by atoms with E-state index in [1.165, 1.54) is 0 Å². The molecule has 1 aliphatic rings. The number of nitrogens with zero attached hydrogens (tertiary/aromatic N) is 2. The van der Waals surface area contributed by atoms with Crippen molar-refractivity contribution >= 4 is 0 Å². The minimum Gasteiger partial charge on any atom is -0.389 e. The lowest BCUT2D eigenvalue weighted by Gasteiger charge is -2.32. The van der Waals surface area contributed by atoms with E-state index in [1.54, 1.807) is 7.11 Å². The van der Waals surface area contributed by atoms with E-state index in [0.717, 1.165) is 25.8 Å². The van der Waals surface area contributed by atoms with Crippen molar-refractivity contribution in [1.82, 2.24) is 4.90 Å². The van der Waals surface area contributed by atoms with Gasteiger partial charge in [0.15, 0.2) is 0 Å². The van der Waals surface area contributed by atoms with Crippen molar-refractivity contribution in [3.05, 3.63) is 0 Å². The van der Waals surface area contributed by atoms with Gasteiger partial charge in [0.05, 0.1) is 37.5 Å². The van der Waals surface area contributed by atoms with Gasteiger partial charge in [0, 0.05) is 13.7 Å². The molecule has 1 rings (SSSR count). The normalized spacial score (nSPS) is 24.4. The van der Waals surface area contributed by atoms with E-state index in [0.29, 0.717) is 19.8 Å². The molecule has 0 saturated carbocycles. The van der Waals surface area contributed by atoms with Gasteiger partial charge in [-0.1, -0.05) is 0 Å². The van der Waals surface area contributed by atoms with Crippen LogP contribution in [-0.2, 0) is 9.47 Å². The summed E-state index contributed by atoms with van der Waals surface area (Å²) in [4.78, 5) is 2.05. The van der Waals surface area contributed by atoms with Gasteiger partial charge in [-0.25, -0.2) is 0 Å². The highest BCUT2D eigenvalue weighted by molar-refractivity contribution is 4.94. The monoisotopic (exact) mass is 256 g/mol. The molecule has 1 fully saturated rings. The molecule has 0 aliphatic carbocycles. The predicted octanol–water partition coefficient (Wildman–Crippen LogP) is 0.777. The number of nitriles is 1. The van der Waals surface area contributed by atoms with Crippen LogP contribution in [0.4, 0.5) is 0 Å². The zero-order chi connectivity index (χ0) is 13.4. The molecule has 3 unspecified atom stereocenters. The summed E-state index contributed by atoms with van der Waals surface area (Å²) in [5, 5.41) is 19.0. The van der Waals surface area contributed by atoms with E-state index in [9.17, 15) is 5.11 Å². The number of rotatable bonds is 7. The van der Waals surface area contributed by atoms with Gasteiger partial charge in [-0.15, -0.1) is 0 Å². The van der Waals surface area contributed by atoms with E-state index in [4.69, 9.17) is 14.7 Å². The minimum atomic E-state index is -0.543. The van der Waals surface area contributed by atoms with Crippen LogP contribution in [0.1, 0.15) is 26.2 Å². The number of ether oxygens (including phenoxy) is 2. The SMILES string of the molecule is COCC(C)OCC(O)CN1CCCCC1C#N. The van der Waals surface area contributed by atoms with Crippen molar-refractivity contribution in [2.75, 3.05) is 33.4 Å². The van der Waals surface area contributed by atoms with Crippen molar-refractivity contribution in [1.29, 1.82) is 5.26 Å². The average Bonchev–Trinajstić information content (AvgIpc) is 2.37. The fourth-order valence-corrected chi connectivity index (χ4v) is 2.24. The Kier molecular flexibility index (Phi) is 7.21. The number of aliphatic hydroxyl groups is 1. The van der Waals surface area contributed by atoms with Crippen LogP contribution < -0.4 is 0 Å². The molecule has 1 aliphatic heterocycles. The summed E-state index contributed by atoms with van der Waals surface area (Å²) in [5.41, 5.74) is 0. The van der Waals surface area contributed by atoms with E-state index >= 15 is 0 Å². The number of β-amino-alcohol motifs (C(OH)–C–C–N with tert-alkyl or cyclic N) is 1. The number of methoxy groups -OCH3 is 1. The first-order chi connectivity index (χ1) is 8.67. The highest BCUT2D eigenvalue weighted by atomic mass is 16.5. The second kappa shape index (κ2) is 8.44. The fraction of sp³-hybridized carbons (Fsp3) is 0.923. The Morgan fingerprint density at radius 1 is 1.44 bits per heavy atom. The summed E-state index contributed by atoms with van der Waals surface area (Å²) in [6.07, 6.45) is 2.55. The Morgan fingerprint density at radius 2 is 2.22 bits per heavy atom. The molecule has 1 N–H and O–H groups in total. The van der Waals surface area contributed by atoms with E-state index < -0.39 is 6.10 Å². The quantitative estimate of drug-likeness (QED) is 0.729. The smallest absolute Gasteiger partial charge is 0.0978 e. The van der Waals surface area contributed by atoms with Crippen LogP contribution in [0.15, 0.2) is 0 Å². The number of aliphatic hydroxyl groups excluding tert-OH is 1. The summed E-state index contributed by atoms with van der Waals surface area (Å²) in [6.45, 7) is 4.13. The van der Waals surface area contributed by atoms with Crippen LogP contribution >= 0.6 is 0 Å². The molecule has 18 heavy (non-hydrogen) atoms. The van der Waals surface area contributed by atoms with Gasteiger partial charge in [0.2, 0.25) is 0 Å². The van der Waals surface area contributed by atoms with Gasteiger partial charge in [-0.3, -0.25) is 4.90 Å². The van der Waals surface area contributed by atoms with Gasteiger partial charge in [-0.05, 0) is 32.7 Å². The van der Waals surface area contributed by atoms with Crippen LogP contribution in [0.5, 0.6) is 0 Å². The molecular formula is C13H24N2O3. The van der Waals surface area contributed by atoms with Crippen molar-refractivity contribution in [3.8, 4) is 6.07 Å². The fourth-order valence-electron chi connectivity index (χ4n) is 2.24. The van der Waals surface area contributed by atoms with Gasteiger partial charge >= 0.3 is 0 Å². The second-order valence-electron chi connectivity index (χ2n) is 4.89. The van der Waals surface area contributed by atoms with Crippen LogP contribution in [0.2, 0.25) is 0 Å². The number of hydrogen-bond donors (Lipinski definition) is 1. The Bertz CT molecular complexity index is 267. The van der Waals surface area contributed by atoms with Crippen molar-refractivity contribution in [3.63, 3.8) is 0 Å². The zero-order valence-corrected chi connectivity index (χ0v) is 11.3. The Morgan fingerprint density at radius 3 is 2.89 bits per heavy atom. The van der Waals surface area contributed by atoms with Crippen LogP contribution in [0.3, 0.4) is 0 Å². The Balaban J connectivity index is 2.26. The lowest BCUT2D eigenvalue weighted by molar-refractivity contribution is -0.0429. The van der Waals surface area contributed by atoms with E-state index in [2.05, 4.69) is 11.0 Å². The molecule has 3 atom stereocenters. The second-order valence-corrected chi connectivity index (χ2v) is 4.89. The number of likely N-dealkylation sites (tertiary alicyclic amines) is 1. The van der Waals surface area contributed by atoms with E-state index in [1.807, 2.05) is 6.92 Å². The molecule has 0 bridgehead atoms. The van der Waals surface area contributed by atoms with Crippen molar-refractivity contribution in [2.24, 2.45) is 0 Å². The first kappa shape index (κ1) is 15.4. The molecule has 5 nitrogen and oxygen atoms in total. The number of hydrogen-bond acceptors (Lipinski definition) is 5. The number of piperidine rings is 1. The molecule has 0 aromatic rings. The van der Waals surface area contributed by atoms with E-state index in [-0.39, 0.29) is 12.1 Å². The molecule has 0 aromatic carbocycles. The maximum Gasteiger partial charge on any atom is 0.0978 e. The standard InChI is InChI=1S/C13H24N2O3/c1-11(9-17-2)18-10-13(16)8-15-6-4-3-5-12(15)7-14/h11-13,16H,3-6,8-10H2,1-2H3. The third kappa shape index (κ3) is 5.32. The first-order valence-electron chi connectivity index (χ1n) is 6.59. The first-order valence-corrected chi connectivity index (χ1v) is 6.59. The lowest BCUT2D eigenvalue weighted by Crippen LogP contribution is -2.44. The summed E-state index contributed by atoms with van der Waals surface area (Å²) in [5.74, 6) is 0. The van der Waals surface area contributed by atoms with Gasteiger partial charge in [0.25, 0.3) is 0 Å².